The Labute approximate surface area is 366 Å². The summed E-state index contributed by atoms with van der Waals surface area (Å²) in [4.78, 5) is 25.2. The highest BCUT2D eigenvalue weighted by Gasteiger charge is 2.16. The monoisotopic (exact) mass is 807 g/mol. The number of rotatable bonds is 8. The minimum atomic E-state index is 0.314. The zero-order valence-corrected chi connectivity index (χ0v) is 34.9. The fourth-order valence-electron chi connectivity index (χ4n) is 8.63. The van der Waals surface area contributed by atoms with E-state index in [9.17, 15) is 0 Å². The lowest BCUT2D eigenvalue weighted by Crippen LogP contribution is -1.97. The highest BCUT2D eigenvalue weighted by atomic mass is 14.9. The number of hydrogen-bond donors (Lipinski definition) is 0. The van der Waals surface area contributed by atoms with Crippen LogP contribution in [-0.2, 0) is 0 Å². The van der Waals surface area contributed by atoms with Gasteiger partial charge in [0.15, 0.2) is 5.82 Å². The van der Waals surface area contributed by atoms with Gasteiger partial charge in [0.05, 0.1) is 33.8 Å². The molecule has 5 heteroatoms. The van der Waals surface area contributed by atoms with E-state index in [-0.39, 0.29) is 0 Å². The van der Waals surface area contributed by atoms with Gasteiger partial charge in [-0.3, -0.25) is 4.98 Å². The maximum atomic E-state index is 5.31. The molecule has 11 rings (SSSR count). The molecule has 0 radical (unpaired) electrons. The maximum absolute atomic E-state index is 5.31. The van der Waals surface area contributed by atoms with E-state index < -0.39 is 0 Å². The van der Waals surface area contributed by atoms with Gasteiger partial charge in [0.2, 0.25) is 0 Å². The van der Waals surface area contributed by atoms with E-state index in [1.165, 1.54) is 5.56 Å². The Morgan fingerprint density at radius 2 is 0.921 bits per heavy atom. The highest BCUT2D eigenvalue weighted by Crippen LogP contribution is 2.36. The summed E-state index contributed by atoms with van der Waals surface area (Å²) < 4.78 is 0. The van der Waals surface area contributed by atoms with Crippen molar-refractivity contribution in [2.45, 2.75) is 19.8 Å². The number of pyridine rings is 3. The number of hydrogen-bond acceptors (Lipinski definition) is 5. The van der Waals surface area contributed by atoms with Crippen LogP contribution in [0.5, 0.6) is 0 Å². The lowest BCUT2D eigenvalue weighted by atomic mass is 9.94. The lowest BCUT2D eigenvalue weighted by Gasteiger charge is -2.15. The molecule has 0 saturated carbocycles. The summed E-state index contributed by atoms with van der Waals surface area (Å²) in [7, 11) is 0. The Kier molecular flexibility index (Phi) is 9.63. The molecule has 0 unspecified atom stereocenters. The predicted octanol–water partition coefficient (Wildman–Crippen LogP) is 14.9. The van der Waals surface area contributed by atoms with Crippen LogP contribution in [0.2, 0.25) is 0 Å². The van der Waals surface area contributed by atoms with E-state index >= 15 is 0 Å². The molecular formula is C58H41N5. The first-order valence-corrected chi connectivity index (χ1v) is 21.4. The molecule has 0 saturated heterocycles. The van der Waals surface area contributed by atoms with Crippen LogP contribution < -0.4 is 0 Å². The van der Waals surface area contributed by atoms with Crippen molar-refractivity contribution in [1.82, 2.24) is 24.9 Å². The number of aromatic nitrogens is 5. The average Bonchev–Trinajstić information content (AvgIpc) is 3.36. The molecule has 63 heavy (non-hydrogen) atoms. The van der Waals surface area contributed by atoms with Crippen molar-refractivity contribution in [3.05, 3.63) is 212 Å². The van der Waals surface area contributed by atoms with Crippen LogP contribution in [0.25, 0.3) is 111 Å². The SMILES string of the molecule is CC(C)c1cc(-c2ccc(-c3ccc(-c4cc(-c5cccc(-c6cccc7ccncc67)c5)nc(-c5ccccc5)n4)cc3)cc2)nc2c1ccc1ccc(-c3ccccc3)nc12. The van der Waals surface area contributed by atoms with Gasteiger partial charge < -0.3 is 0 Å². The predicted molar refractivity (Wildman–Crippen MR) is 260 cm³/mol. The van der Waals surface area contributed by atoms with Crippen molar-refractivity contribution in [3.63, 3.8) is 0 Å². The van der Waals surface area contributed by atoms with Gasteiger partial charge in [0.1, 0.15) is 0 Å². The van der Waals surface area contributed by atoms with Crippen molar-refractivity contribution in [2.24, 2.45) is 0 Å². The summed E-state index contributed by atoms with van der Waals surface area (Å²) in [5.74, 6) is 1.00. The molecule has 0 atom stereocenters. The minimum Gasteiger partial charge on any atom is -0.264 e. The third kappa shape index (κ3) is 7.30. The molecule has 0 aliphatic rings. The molecule has 5 nitrogen and oxygen atoms in total. The first-order valence-electron chi connectivity index (χ1n) is 21.4. The van der Waals surface area contributed by atoms with E-state index in [1.807, 2.05) is 36.7 Å². The average molecular weight is 808 g/mol. The van der Waals surface area contributed by atoms with E-state index in [1.54, 1.807) is 0 Å². The fourth-order valence-corrected chi connectivity index (χ4v) is 8.63. The van der Waals surface area contributed by atoms with E-state index in [0.29, 0.717) is 11.7 Å². The second-order valence-corrected chi connectivity index (χ2v) is 16.3. The summed E-state index contributed by atoms with van der Waals surface area (Å²) >= 11 is 0. The normalized spacial score (nSPS) is 11.5. The summed E-state index contributed by atoms with van der Waals surface area (Å²) in [5, 5.41) is 4.51. The molecule has 0 bridgehead atoms. The Morgan fingerprint density at radius 3 is 1.63 bits per heavy atom. The van der Waals surface area contributed by atoms with Gasteiger partial charge in [-0.15, -0.1) is 0 Å². The second-order valence-electron chi connectivity index (χ2n) is 16.3. The summed E-state index contributed by atoms with van der Waals surface area (Å²) in [6.07, 6.45) is 3.78. The van der Waals surface area contributed by atoms with Gasteiger partial charge >= 0.3 is 0 Å². The Balaban J connectivity index is 0.929. The third-order valence-electron chi connectivity index (χ3n) is 12.0. The topological polar surface area (TPSA) is 64.5 Å². The second kappa shape index (κ2) is 16.0. The zero-order valence-electron chi connectivity index (χ0n) is 34.9. The molecule has 7 aromatic carbocycles. The van der Waals surface area contributed by atoms with Crippen LogP contribution in [0.15, 0.2) is 207 Å². The summed E-state index contributed by atoms with van der Waals surface area (Å²) in [6, 6.07) is 68.0. The maximum Gasteiger partial charge on any atom is 0.160 e. The molecule has 11 aromatic rings. The molecule has 298 valence electrons. The number of benzene rings is 7. The van der Waals surface area contributed by atoms with Gasteiger partial charge in [0.25, 0.3) is 0 Å². The van der Waals surface area contributed by atoms with Gasteiger partial charge in [0, 0.05) is 56.4 Å². The fraction of sp³-hybridized carbons (Fsp3) is 0.0517. The summed E-state index contributed by atoms with van der Waals surface area (Å²) in [5.41, 5.74) is 16.4. The third-order valence-corrected chi connectivity index (χ3v) is 12.0. The Bertz CT molecular complexity index is 3450. The van der Waals surface area contributed by atoms with Gasteiger partial charge in [-0.1, -0.05) is 178 Å². The number of fused-ring (bicyclic) bond motifs is 4. The summed E-state index contributed by atoms with van der Waals surface area (Å²) in [6.45, 7) is 4.49. The van der Waals surface area contributed by atoms with Crippen molar-refractivity contribution in [1.29, 1.82) is 0 Å². The molecule has 4 heterocycles. The molecular weight excluding hydrogens is 767 g/mol. The van der Waals surface area contributed by atoms with Crippen LogP contribution in [0, 0.1) is 0 Å². The van der Waals surface area contributed by atoms with Gasteiger partial charge in [-0.05, 0) is 69.5 Å². The van der Waals surface area contributed by atoms with Crippen LogP contribution in [0.1, 0.15) is 25.3 Å². The minimum absolute atomic E-state index is 0.314. The van der Waals surface area contributed by atoms with Gasteiger partial charge in [-0.2, -0.15) is 0 Å². The molecule has 0 amide bonds. The van der Waals surface area contributed by atoms with Crippen LogP contribution in [0.4, 0.5) is 0 Å². The quantitative estimate of drug-likeness (QED) is 0.143. The standard InChI is InChI=1S/C58H41N5/c1-37(2)50-34-53(61-57-49(50)29-27-44-28-30-52(60-56(44)57)41-11-5-3-6-12-41)42-23-19-38(20-24-42)39-21-25-43(26-22-39)54-35-55(63-58(62-54)45-13-7-4-8-14-45)47-17-9-16-46(33-47)48-18-10-15-40-31-32-59-36-51(40)48/h3-37H,1-2H3. The molecule has 0 aliphatic heterocycles. The zero-order chi connectivity index (χ0) is 42.3. The smallest absolute Gasteiger partial charge is 0.160 e. The Hall–Kier alpha value is -8.15. The van der Waals surface area contributed by atoms with E-state index in [2.05, 4.69) is 189 Å². The van der Waals surface area contributed by atoms with Crippen LogP contribution in [0.3, 0.4) is 0 Å². The molecule has 0 N–H and O–H groups in total. The van der Waals surface area contributed by atoms with Gasteiger partial charge in [-0.25, -0.2) is 19.9 Å². The molecule has 0 aliphatic carbocycles. The van der Waals surface area contributed by atoms with E-state index in [0.717, 1.165) is 105 Å². The van der Waals surface area contributed by atoms with Crippen molar-refractivity contribution in [2.75, 3.05) is 0 Å². The van der Waals surface area contributed by atoms with Crippen molar-refractivity contribution >= 4 is 32.6 Å². The first kappa shape index (κ1) is 37.8. The van der Waals surface area contributed by atoms with Crippen LogP contribution >= 0.6 is 0 Å². The van der Waals surface area contributed by atoms with Crippen molar-refractivity contribution in [3.8, 4) is 78.7 Å². The Morgan fingerprint density at radius 1 is 0.349 bits per heavy atom. The molecule has 4 aromatic heterocycles. The highest BCUT2D eigenvalue weighted by molar-refractivity contribution is 6.05. The van der Waals surface area contributed by atoms with E-state index in [4.69, 9.17) is 19.9 Å². The first-order chi connectivity index (χ1) is 31.0. The van der Waals surface area contributed by atoms with Crippen molar-refractivity contribution < 1.29 is 0 Å². The van der Waals surface area contributed by atoms with Crippen LogP contribution in [-0.4, -0.2) is 24.9 Å². The molecule has 0 fully saturated rings. The largest absolute Gasteiger partial charge is 0.264 e. The number of nitrogens with zero attached hydrogens (tertiary/aromatic N) is 5. The lowest BCUT2D eigenvalue weighted by molar-refractivity contribution is 0.875. The molecule has 0 spiro atoms.